The third-order valence-electron chi connectivity index (χ3n) is 6.92. The van der Waals surface area contributed by atoms with E-state index in [1.54, 1.807) is 0 Å². The molecule has 0 aliphatic carbocycles. The van der Waals surface area contributed by atoms with Crippen LogP contribution in [0.5, 0.6) is 0 Å². The van der Waals surface area contributed by atoms with Crippen LogP contribution >= 0.6 is 0 Å². The van der Waals surface area contributed by atoms with E-state index in [9.17, 15) is 0 Å². The molecule has 3 aromatic rings. The summed E-state index contributed by atoms with van der Waals surface area (Å²) in [5, 5.41) is 4.11. The van der Waals surface area contributed by atoms with Gasteiger partial charge < -0.3 is 11.7 Å². The topological polar surface area (TPSA) is 9.72 Å². The van der Waals surface area contributed by atoms with Gasteiger partial charge in [-0.15, -0.1) is 19.7 Å². The molecule has 1 aliphatic heterocycles. The Labute approximate surface area is 228 Å². The van der Waals surface area contributed by atoms with Crippen molar-refractivity contribution in [3.8, 4) is 0 Å². The molecule has 0 atom stereocenters. The zero-order chi connectivity index (χ0) is 25.8. The quantitative estimate of drug-likeness (QED) is 0.368. The highest BCUT2D eigenvalue weighted by Crippen LogP contribution is 2.38. The maximum Gasteiger partial charge on any atom is 0.204 e. The molecule has 0 amide bonds. The van der Waals surface area contributed by atoms with Gasteiger partial charge in [0.15, 0.2) is 29.0 Å². The molecule has 3 aromatic carbocycles. The summed E-state index contributed by atoms with van der Waals surface area (Å²) >= 11 is 0. The Kier molecular flexibility index (Phi) is 8.44. The Bertz CT molecular complexity index is 1030. The zero-order valence-electron chi connectivity index (χ0n) is 21.4. The zero-order valence-corrected chi connectivity index (χ0v) is 27.4. The first-order valence-corrected chi connectivity index (χ1v) is 22.3. The van der Waals surface area contributed by atoms with Crippen molar-refractivity contribution in [3.63, 3.8) is 0 Å². The Morgan fingerprint density at radius 1 is 0.472 bits per heavy atom. The third-order valence-corrected chi connectivity index (χ3v) is 35.4. The highest BCUT2D eigenvalue weighted by Gasteiger charge is 2.63. The Morgan fingerprint density at radius 3 is 0.889 bits per heavy atom. The molecule has 1 heterocycles. The predicted octanol–water partition coefficient (Wildman–Crippen LogP) is 3.13. The number of hydrogen-bond acceptors (Lipinski definition) is 3. The molecule has 0 bridgehead atoms. The van der Waals surface area contributed by atoms with E-state index in [0.29, 0.717) is 29.0 Å². The molecule has 36 heavy (non-hydrogen) atoms. The SMILES string of the molecule is C=C[Si]1(C)N([Si]c2ccccc2)[Si](C)(C=C)N([Si]c2ccccc2)[Si](C)(C=C)N1[Si]c1ccccc1. The minimum absolute atomic E-state index is 0.569. The third kappa shape index (κ3) is 4.95. The average Bonchev–Trinajstić information content (AvgIpc) is 2.93. The molecule has 180 valence electrons. The van der Waals surface area contributed by atoms with Gasteiger partial charge in [-0.2, -0.15) is 0 Å². The Hall–Kier alpha value is -1.94. The van der Waals surface area contributed by atoms with Crippen molar-refractivity contribution in [2.24, 2.45) is 0 Å². The largest absolute Gasteiger partial charge is 0.337 e. The number of nitrogens with zero attached hydrogens (tertiary/aromatic N) is 3. The van der Waals surface area contributed by atoms with Crippen molar-refractivity contribution in [2.45, 2.75) is 19.6 Å². The second-order valence-corrected chi connectivity index (χ2v) is 27.6. The fourth-order valence-corrected chi connectivity index (χ4v) is 37.6. The highest BCUT2D eigenvalue weighted by atomic mass is 28.5. The molecule has 3 nitrogen and oxygen atoms in total. The minimum atomic E-state index is -2.31. The van der Waals surface area contributed by atoms with Crippen molar-refractivity contribution >= 4 is 69.8 Å². The predicted molar refractivity (Wildman–Crippen MR) is 166 cm³/mol. The lowest BCUT2D eigenvalue weighted by Crippen LogP contribution is -2.93. The normalized spacial score (nSPS) is 27.4. The first-order valence-electron chi connectivity index (χ1n) is 12.1. The fourth-order valence-electron chi connectivity index (χ4n) is 4.83. The van der Waals surface area contributed by atoms with Gasteiger partial charge in [0.25, 0.3) is 0 Å². The monoisotopic (exact) mass is 567 g/mol. The van der Waals surface area contributed by atoms with Gasteiger partial charge in [-0.05, 0) is 35.2 Å². The standard InChI is InChI=1S/C27H33N3Si6/c1-7-34(4)28(31-25-19-13-10-14-20-25)35(5,8-2)30(33-27-23-17-12-18-24-27)36(6,9-3)29(34)32-26-21-15-11-16-22-26/h7-24H,1-3H2,4-6H3. The van der Waals surface area contributed by atoms with E-state index in [1.807, 2.05) is 0 Å². The molecule has 0 saturated carbocycles. The lowest BCUT2D eigenvalue weighted by atomic mass is 10.4. The van der Waals surface area contributed by atoms with Crippen molar-refractivity contribution in [2.75, 3.05) is 0 Å². The molecule has 1 fully saturated rings. The summed E-state index contributed by atoms with van der Waals surface area (Å²) in [6.45, 7) is 21.0. The fraction of sp³-hybridized carbons (Fsp3) is 0.111. The van der Waals surface area contributed by atoms with Crippen molar-refractivity contribution < 1.29 is 0 Å². The van der Waals surface area contributed by atoms with Gasteiger partial charge in [0.05, 0.1) is 0 Å². The van der Waals surface area contributed by atoms with Crippen LogP contribution in [0.3, 0.4) is 0 Å². The molecule has 0 aromatic heterocycles. The molecule has 0 N–H and O–H groups in total. The summed E-state index contributed by atoms with van der Waals surface area (Å²) in [6.07, 6.45) is 0. The summed E-state index contributed by atoms with van der Waals surface area (Å²) < 4.78 is 8.62. The van der Waals surface area contributed by atoms with Crippen molar-refractivity contribution in [1.29, 1.82) is 0 Å². The lowest BCUT2D eigenvalue weighted by Gasteiger charge is -2.68. The number of rotatable bonds is 9. The smallest absolute Gasteiger partial charge is 0.204 e. The summed E-state index contributed by atoms with van der Waals surface area (Å²) in [4.78, 5) is 0. The van der Waals surface area contributed by atoms with E-state index in [4.69, 9.17) is 0 Å². The maximum atomic E-state index is 4.50. The van der Waals surface area contributed by atoms with Crippen LogP contribution in [0.15, 0.2) is 128 Å². The molecule has 1 aliphatic rings. The summed E-state index contributed by atoms with van der Waals surface area (Å²) in [5.41, 5.74) is 6.93. The van der Waals surface area contributed by atoms with E-state index in [1.165, 1.54) is 15.6 Å². The first kappa shape index (κ1) is 27.1. The number of benzene rings is 3. The highest BCUT2D eigenvalue weighted by molar-refractivity contribution is 7.18. The van der Waals surface area contributed by atoms with Gasteiger partial charge in [-0.3, -0.25) is 0 Å². The molecule has 1 saturated heterocycles. The summed E-state index contributed by atoms with van der Waals surface area (Å²) in [6, 6.07) is 32.8. The maximum absolute atomic E-state index is 4.50. The van der Waals surface area contributed by atoms with Crippen LogP contribution in [-0.4, -0.2) is 65.9 Å². The first-order chi connectivity index (χ1) is 17.3. The van der Waals surface area contributed by atoms with Gasteiger partial charge in [0, 0.05) is 0 Å². The van der Waals surface area contributed by atoms with Crippen molar-refractivity contribution in [1.82, 2.24) is 11.7 Å². The van der Waals surface area contributed by atoms with Gasteiger partial charge in [-0.1, -0.05) is 108 Å². The second-order valence-electron chi connectivity index (χ2n) is 9.33. The molecule has 9 heteroatoms. The second kappa shape index (κ2) is 11.2. The summed E-state index contributed by atoms with van der Waals surface area (Å²) in [5.74, 6) is 0. The Morgan fingerprint density at radius 2 is 0.694 bits per heavy atom. The molecule has 4 rings (SSSR count). The Balaban J connectivity index is 1.92. The van der Waals surface area contributed by atoms with Gasteiger partial charge in [-0.25, -0.2) is 0 Å². The van der Waals surface area contributed by atoms with E-state index in [-0.39, 0.29) is 0 Å². The van der Waals surface area contributed by atoms with Crippen LogP contribution in [0.25, 0.3) is 0 Å². The molecular weight excluding hydrogens is 535 g/mol. The van der Waals surface area contributed by atoms with Crippen LogP contribution in [0.2, 0.25) is 19.6 Å². The van der Waals surface area contributed by atoms with Gasteiger partial charge in [0.2, 0.25) is 25.2 Å². The van der Waals surface area contributed by atoms with E-state index >= 15 is 0 Å². The average molecular weight is 568 g/mol. The van der Waals surface area contributed by atoms with E-state index < -0.39 is 25.2 Å². The summed E-state index contributed by atoms with van der Waals surface area (Å²) in [7, 11) is -5.22. The van der Waals surface area contributed by atoms with Crippen LogP contribution < -0.4 is 15.6 Å². The van der Waals surface area contributed by atoms with E-state index in [0.717, 1.165) is 0 Å². The lowest BCUT2D eigenvalue weighted by molar-refractivity contribution is 0.678. The van der Waals surface area contributed by atoms with Gasteiger partial charge >= 0.3 is 0 Å². The van der Waals surface area contributed by atoms with Crippen LogP contribution in [-0.2, 0) is 0 Å². The molecular formula is C27H33N3Si6. The van der Waals surface area contributed by atoms with Crippen LogP contribution in [0, 0.1) is 0 Å². The number of hydrogen-bond donors (Lipinski definition) is 0. The molecule has 0 spiro atoms. The van der Waals surface area contributed by atoms with Crippen LogP contribution in [0.4, 0.5) is 0 Å². The van der Waals surface area contributed by atoms with Crippen molar-refractivity contribution in [3.05, 3.63) is 128 Å². The van der Waals surface area contributed by atoms with Crippen LogP contribution in [0.1, 0.15) is 0 Å². The van der Waals surface area contributed by atoms with E-state index in [2.05, 4.69) is 159 Å². The minimum Gasteiger partial charge on any atom is -0.337 e. The molecule has 6 radical (unpaired) electrons. The van der Waals surface area contributed by atoms with Gasteiger partial charge in [0.1, 0.15) is 0 Å². The molecule has 0 unspecified atom stereocenters.